The Bertz CT molecular complexity index is 681. The van der Waals surface area contributed by atoms with Gasteiger partial charge in [-0.3, -0.25) is 10.1 Å². The molecule has 0 aliphatic rings. The van der Waals surface area contributed by atoms with Crippen molar-refractivity contribution in [2.45, 2.75) is 6.92 Å². The number of nitrogens with one attached hydrogen (secondary N) is 2. The molecular weight excluding hydrogens is 317 g/mol. The van der Waals surface area contributed by atoms with Crippen LogP contribution < -0.4 is 10.6 Å². The maximum atomic E-state index is 11.0. The van der Waals surface area contributed by atoms with Crippen LogP contribution in [0.15, 0.2) is 24.4 Å². The SMILES string of the molecule is CCNc1ncc([N+](=O)[O-])c(Nc2ccc(Cl)c(Cl)c2)n1. The lowest BCUT2D eigenvalue weighted by atomic mass is 10.3. The van der Waals surface area contributed by atoms with E-state index < -0.39 is 4.92 Å². The fourth-order valence-corrected chi connectivity index (χ4v) is 1.85. The van der Waals surface area contributed by atoms with E-state index in [9.17, 15) is 10.1 Å². The molecular formula is C12H11Cl2N5O2. The number of aromatic nitrogens is 2. The molecule has 0 aliphatic carbocycles. The highest BCUT2D eigenvalue weighted by molar-refractivity contribution is 6.42. The number of nitro groups is 1. The van der Waals surface area contributed by atoms with Crippen molar-refractivity contribution in [2.75, 3.05) is 17.2 Å². The Morgan fingerprint density at radius 1 is 1.33 bits per heavy atom. The van der Waals surface area contributed by atoms with Crippen LogP contribution in [0.3, 0.4) is 0 Å². The third-order valence-electron chi connectivity index (χ3n) is 2.48. The first-order chi connectivity index (χ1) is 10.0. The minimum Gasteiger partial charge on any atom is -0.354 e. The molecule has 1 aromatic carbocycles. The van der Waals surface area contributed by atoms with E-state index in [-0.39, 0.29) is 11.5 Å². The Morgan fingerprint density at radius 3 is 2.71 bits per heavy atom. The number of hydrogen-bond acceptors (Lipinski definition) is 6. The van der Waals surface area contributed by atoms with Gasteiger partial charge in [0.05, 0.1) is 15.0 Å². The number of halogens is 2. The summed E-state index contributed by atoms with van der Waals surface area (Å²) in [6.07, 6.45) is 1.14. The molecule has 0 atom stereocenters. The molecule has 2 aromatic rings. The van der Waals surface area contributed by atoms with E-state index >= 15 is 0 Å². The zero-order chi connectivity index (χ0) is 15.4. The van der Waals surface area contributed by atoms with Crippen LogP contribution in [0.2, 0.25) is 10.0 Å². The number of nitrogens with zero attached hydrogens (tertiary/aromatic N) is 3. The van der Waals surface area contributed by atoms with Crippen molar-refractivity contribution >= 4 is 46.3 Å². The summed E-state index contributed by atoms with van der Waals surface area (Å²) in [5.74, 6) is 0.370. The van der Waals surface area contributed by atoms with E-state index in [1.165, 1.54) is 0 Å². The normalized spacial score (nSPS) is 10.2. The molecule has 0 bridgehead atoms. The van der Waals surface area contributed by atoms with Crippen LogP contribution >= 0.6 is 23.2 Å². The van der Waals surface area contributed by atoms with Gasteiger partial charge >= 0.3 is 5.69 Å². The molecule has 0 saturated heterocycles. The van der Waals surface area contributed by atoms with Crippen LogP contribution in [0.4, 0.5) is 23.1 Å². The third kappa shape index (κ3) is 3.71. The molecule has 0 saturated carbocycles. The summed E-state index contributed by atoms with van der Waals surface area (Å²) in [6.45, 7) is 2.47. The van der Waals surface area contributed by atoms with E-state index in [4.69, 9.17) is 23.2 Å². The van der Waals surface area contributed by atoms with Gasteiger partial charge in [-0.05, 0) is 25.1 Å². The highest BCUT2D eigenvalue weighted by Crippen LogP contribution is 2.29. The molecule has 110 valence electrons. The van der Waals surface area contributed by atoms with Crippen molar-refractivity contribution < 1.29 is 4.92 Å². The van der Waals surface area contributed by atoms with Gasteiger partial charge in [0.2, 0.25) is 11.8 Å². The third-order valence-corrected chi connectivity index (χ3v) is 3.22. The van der Waals surface area contributed by atoms with Crippen molar-refractivity contribution in [3.63, 3.8) is 0 Å². The molecule has 1 aromatic heterocycles. The van der Waals surface area contributed by atoms with Crippen LogP contribution in [0, 0.1) is 10.1 Å². The second-order valence-electron chi connectivity index (χ2n) is 3.97. The first kappa shape index (κ1) is 15.3. The summed E-state index contributed by atoms with van der Waals surface area (Å²) in [6, 6.07) is 4.79. The lowest BCUT2D eigenvalue weighted by Crippen LogP contribution is -2.06. The molecule has 2 N–H and O–H groups in total. The summed E-state index contributed by atoms with van der Waals surface area (Å²) >= 11 is 11.7. The Labute approximate surface area is 130 Å². The van der Waals surface area contributed by atoms with Crippen LogP contribution in [0.1, 0.15) is 6.92 Å². The van der Waals surface area contributed by atoms with Crippen molar-refractivity contribution in [1.29, 1.82) is 0 Å². The Morgan fingerprint density at radius 2 is 2.10 bits per heavy atom. The van der Waals surface area contributed by atoms with Gasteiger partial charge in [0.1, 0.15) is 6.20 Å². The van der Waals surface area contributed by atoms with Gasteiger partial charge in [-0.1, -0.05) is 23.2 Å². The van der Waals surface area contributed by atoms with Crippen molar-refractivity contribution in [3.8, 4) is 0 Å². The van der Waals surface area contributed by atoms with E-state index in [2.05, 4.69) is 20.6 Å². The average molecular weight is 328 g/mol. The van der Waals surface area contributed by atoms with Crippen LogP contribution in [-0.2, 0) is 0 Å². The number of rotatable bonds is 5. The Balaban J connectivity index is 2.37. The fraction of sp³-hybridized carbons (Fsp3) is 0.167. The number of anilines is 3. The summed E-state index contributed by atoms with van der Waals surface area (Å²) in [5.41, 5.74) is 0.302. The Hall–Kier alpha value is -2.12. The summed E-state index contributed by atoms with van der Waals surface area (Å²) in [7, 11) is 0. The fourth-order valence-electron chi connectivity index (χ4n) is 1.55. The van der Waals surface area contributed by atoms with E-state index in [0.717, 1.165) is 6.20 Å². The molecule has 0 fully saturated rings. The molecule has 7 nitrogen and oxygen atoms in total. The monoisotopic (exact) mass is 327 g/mol. The molecule has 0 unspecified atom stereocenters. The first-order valence-corrected chi connectivity index (χ1v) is 6.74. The van der Waals surface area contributed by atoms with Crippen molar-refractivity contribution in [1.82, 2.24) is 9.97 Å². The van der Waals surface area contributed by atoms with Crippen LogP contribution in [-0.4, -0.2) is 21.4 Å². The molecule has 0 amide bonds. The van der Waals surface area contributed by atoms with E-state index in [0.29, 0.717) is 28.2 Å². The minimum absolute atomic E-state index is 0.0735. The molecule has 2 rings (SSSR count). The highest BCUT2D eigenvalue weighted by Gasteiger charge is 2.17. The van der Waals surface area contributed by atoms with Gasteiger partial charge in [-0.25, -0.2) is 4.98 Å². The lowest BCUT2D eigenvalue weighted by Gasteiger charge is -2.08. The molecule has 0 aliphatic heterocycles. The smallest absolute Gasteiger partial charge is 0.329 e. The molecule has 9 heteroatoms. The number of benzene rings is 1. The largest absolute Gasteiger partial charge is 0.354 e. The number of hydrogen-bond donors (Lipinski definition) is 2. The van der Waals surface area contributed by atoms with Gasteiger partial charge in [0.15, 0.2) is 0 Å². The molecule has 1 heterocycles. The second-order valence-corrected chi connectivity index (χ2v) is 4.78. The molecule has 21 heavy (non-hydrogen) atoms. The highest BCUT2D eigenvalue weighted by atomic mass is 35.5. The maximum Gasteiger partial charge on any atom is 0.329 e. The van der Waals surface area contributed by atoms with Crippen molar-refractivity contribution in [3.05, 3.63) is 44.6 Å². The zero-order valence-electron chi connectivity index (χ0n) is 10.9. The quantitative estimate of drug-likeness (QED) is 0.639. The summed E-state index contributed by atoms with van der Waals surface area (Å²) < 4.78 is 0. The van der Waals surface area contributed by atoms with Gasteiger partial charge < -0.3 is 10.6 Å². The topological polar surface area (TPSA) is 93.0 Å². The first-order valence-electron chi connectivity index (χ1n) is 5.98. The predicted octanol–water partition coefficient (Wildman–Crippen LogP) is 3.87. The summed E-state index contributed by atoms with van der Waals surface area (Å²) in [5, 5.41) is 17.5. The second kappa shape index (κ2) is 6.55. The summed E-state index contributed by atoms with van der Waals surface area (Å²) in [4.78, 5) is 18.4. The van der Waals surface area contributed by atoms with Gasteiger partial charge in [-0.15, -0.1) is 0 Å². The Kier molecular flexibility index (Phi) is 4.77. The molecule has 0 radical (unpaired) electrons. The van der Waals surface area contributed by atoms with Gasteiger partial charge in [-0.2, -0.15) is 4.98 Å². The molecule has 0 spiro atoms. The van der Waals surface area contributed by atoms with Crippen LogP contribution in [0.25, 0.3) is 0 Å². The average Bonchev–Trinajstić information content (AvgIpc) is 2.43. The van der Waals surface area contributed by atoms with Crippen molar-refractivity contribution in [2.24, 2.45) is 0 Å². The minimum atomic E-state index is -0.560. The van der Waals surface area contributed by atoms with E-state index in [1.54, 1.807) is 18.2 Å². The van der Waals surface area contributed by atoms with Gasteiger partial charge in [0.25, 0.3) is 0 Å². The standard InChI is InChI=1S/C12H11Cl2N5O2/c1-2-15-12-16-6-10(19(20)21)11(18-12)17-7-3-4-8(13)9(14)5-7/h3-6H,2H2,1H3,(H2,15,16,17,18). The zero-order valence-corrected chi connectivity index (χ0v) is 12.4. The maximum absolute atomic E-state index is 11.0. The van der Waals surface area contributed by atoms with Gasteiger partial charge in [0, 0.05) is 12.2 Å². The van der Waals surface area contributed by atoms with Crippen LogP contribution in [0.5, 0.6) is 0 Å². The lowest BCUT2D eigenvalue weighted by molar-refractivity contribution is -0.384. The van der Waals surface area contributed by atoms with E-state index in [1.807, 2.05) is 6.92 Å². The predicted molar refractivity (Wildman–Crippen MR) is 82.6 cm³/mol.